The number of nitrogens with zero attached hydrogens (tertiary/aromatic N) is 2. The molecule has 4 nitrogen and oxygen atoms in total. The number of aromatic nitrogens is 2. The maximum Gasteiger partial charge on any atom is 0.434 e. The molecule has 0 radical (unpaired) electrons. The van der Waals surface area contributed by atoms with Crippen LogP contribution >= 0.6 is 11.6 Å². The van der Waals surface area contributed by atoms with Gasteiger partial charge in [-0.15, -0.1) is 0 Å². The predicted octanol–water partition coefficient (Wildman–Crippen LogP) is 3.84. The highest BCUT2D eigenvalue weighted by Gasteiger charge is 2.41. The zero-order valence-corrected chi connectivity index (χ0v) is 12.3. The van der Waals surface area contributed by atoms with Crippen molar-refractivity contribution >= 4 is 17.5 Å². The molecule has 1 aromatic carbocycles. The number of carbonyl (C=O) groups excluding carboxylic acids is 1. The molecule has 0 unspecified atom stereocenters. The Hall–Kier alpha value is -2.23. The number of carbonyl (C=O) groups is 1. The van der Waals surface area contributed by atoms with E-state index in [-0.39, 0.29) is 10.7 Å². The number of rotatable bonds is 3. The van der Waals surface area contributed by atoms with Crippen LogP contribution in [0.1, 0.15) is 16.1 Å². The molecular formula is C13H8ClF6N3O. The van der Waals surface area contributed by atoms with E-state index in [0.717, 1.165) is 0 Å². The second-order valence-corrected chi connectivity index (χ2v) is 5.03. The minimum Gasteiger partial charge on any atom is -0.343 e. The van der Waals surface area contributed by atoms with E-state index in [4.69, 9.17) is 11.6 Å². The van der Waals surface area contributed by atoms with Gasteiger partial charge in [0.15, 0.2) is 5.69 Å². The number of hydrogen-bond acceptors (Lipinski definition) is 2. The molecule has 2 aromatic rings. The summed E-state index contributed by atoms with van der Waals surface area (Å²) in [6, 6.07) is 5.06. The number of benzene rings is 1. The molecule has 0 aliphatic carbocycles. The molecule has 0 aliphatic rings. The van der Waals surface area contributed by atoms with Gasteiger partial charge in [-0.25, -0.2) is 4.68 Å². The standard InChI is InChI=1S/C13H8ClF6N3O/c14-7-1-3-8(4-2-7)23-10(13(18,19)20)9(5-22-23)11(24)21-6-12(15,16)17/h1-5H,6H2,(H,21,24). The number of halogens is 7. The first-order valence-corrected chi connectivity index (χ1v) is 6.63. The Bertz CT molecular complexity index is 736. The van der Waals surface area contributed by atoms with Gasteiger partial charge in [0, 0.05) is 5.02 Å². The fourth-order valence-electron chi connectivity index (χ4n) is 1.84. The number of nitrogens with one attached hydrogen (secondary N) is 1. The van der Waals surface area contributed by atoms with Crippen LogP contribution in [0, 0.1) is 0 Å². The Balaban J connectivity index is 2.43. The summed E-state index contributed by atoms with van der Waals surface area (Å²) in [4.78, 5) is 11.7. The molecule has 1 N–H and O–H groups in total. The molecule has 0 aliphatic heterocycles. The molecule has 1 aromatic heterocycles. The van der Waals surface area contributed by atoms with Crippen LogP contribution in [-0.2, 0) is 6.18 Å². The highest BCUT2D eigenvalue weighted by atomic mass is 35.5. The molecule has 1 heterocycles. The van der Waals surface area contributed by atoms with Gasteiger partial charge in [0.25, 0.3) is 5.91 Å². The minimum atomic E-state index is -5.01. The fourth-order valence-corrected chi connectivity index (χ4v) is 1.97. The minimum absolute atomic E-state index is 0.0541. The lowest BCUT2D eigenvalue weighted by atomic mass is 10.2. The van der Waals surface area contributed by atoms with Crippen LogP contribution in [-0.4, -0.2) is 28.4 Å². The summed E-state index contributed by atoms with van der Waals surface area (Å²) in [7, 11) is 0. The summed E-state index contributed by atoms with van der Waals surface area (Å²) in [5, 5.41) is 5.11. The molecule has 11 heteroatoms. The Kier molecular flexibility index (Phi) is 4.79. The summed E-state index contributed by atoms with van der Waals surface area (Å²) in [5.74, 6) is -1.53. The number of alkyl halides is 6. The lowest BCUT2D eigenvalue weighted by Crippen LogP contribution is -2.34. The number of amides is 1. The quantitative estimate of drug-likeness (QED) is 0.833. The molecule has 0 atom stereocenters. The van der Waals surface area contributed by atoms with Gasteiger partial charge in [0.05, 0.1) is 17.4 Å². The molecule has 1 amide bonds. The van der Waals surface area contributed by atoms with Crippen LogP contribution < -0.4 is 5.32 Å². The average Bonchev–Trinajstić information content (AvgIpc) is 2.90. The van der Waals surface area contributed by atoms with Gasteiger partial charge in [-0.2, -0.15) is 31.4 Å². The lowest BCUT2D eigenvalue weighted by Gasteiger charge is -2.13. The third-order valence-corrected chi connectivity index (χ3v) is 3.05. The van der Waals surface area contributed by atoms with Crippen molar-refractivity contribution in [3.63, 3.8) is 0 Å². The maximum absolute atomic E-state index is 13.3. The predicted molar refractivity (Wildman–Crippen MR) is 72.0 cm³/mol. The fraction of sp³-hybridized carbons (Fsp3) is 0.231. The van der Waals surface area contributed by atoms with E-state index in [9.17, 15) is 31.1 Å². The van der Waals surface area contributed by atoms with Crippen LogP contribution in [0.5, 0.6) is 0 Å². The summed E-state index contributed by atoms with van der Waals surface area (Å²) >= 11 is 5.65. The molecule has 0 saturated carbocycles. The van der Waals surface area contributed by atoms with E-state index in [1.807, 2.05) is 0 Å². The highest BCUT2D eigenvalue weighted by molar-refractivity contribution is 6.30. The molecule has 2 rings (SSSR count). The molecule has 0 saturated heterocycles. The van der Waals surface area contributed by atoms with Crippen molar-refractivity contribution in [3.8, 4) is 5.69 Å². The lowest BCUT2D eigenvalue weighted by molar-refractivity contribution is -0.143. The van der Waals surface area contributed by atoms with Crippen LogP contribution in [0.2, 0.25) is 5.02 Å². The molecule has 0 fully saturated rings. The van der Waals surface area contributed by atoms with Gasteiger partial charge >= 0.3 is 12.4 Å². The van der Waals surface area contributed by atoms with Crippen molar-refractivity contribution in [2.45, 2.75) is 12.4 Å². The molecule has 0 bridgehead atoms. The van der Waals surface area contributed by atoms with Crippen LogP contribution in [0.4, 0.5) is 26.3 Å². The van der Waals surface area contributed by atoms with Gasteiger partial charge in [0.1, 0.15) is 6.54 Å². The monoisotopic (exact) mass is 371 g/mol. The van der Waals surface area contributed by atoms with Gasteiger partial charge in [-0.3, -0.25) is 4.79 Å². The second-order valence-electron chi connectivity index (χ2n) is 4.59. The van der Waals surface area contributed by atoms with Crippen LogP contribution in [0.3, 0.4) is 0 Å². The van der Waals surface area contributed by atoms with E-state index in [1.165, 1.54) is 29.6 Å². The highest BCUT2D eigenvalue weighted by Crippen LogP contribution is 2.34. The van der Waals surface area contributed by atoms with Crippen LogP contribution in [0.25, 0.3) is 5.69 Å². The van der Waals surface area contributed by atoms with Crippen molar-refractivity contribution in [3.05, 3.63) is 46.7 Å². The smallest absolute Gasteiger partial charge is 0.343 e. The topological polar surface area (TPSA) is 46.9 Å². The zero-order chi connectivity index (χ0) is 18.1. The SMILES string of the molecule is O=C(NCC(F)(F)F)c1cnn(-c2ccc(Cl)cc2)c1C(F)(F)F. The third kappa shape index (κ3) is 4.19. The summed E-state index contributed by atoms with van der Waals surface area (Å²) in [5.41, 5.74) is -2.55. The van der Waals surface area contributed by atoms with Crippen LogP contribution in [0.15, 0.2) is 30.5 Å². The van der Waals surface area contributed by atoms with Crippen molar-refractivity contribution in [1.29, 1.82) is 0 Å². The summed E-state index contributed by atoms with van der Waals surface area (Å²) in [6.07, 6.45) is -9.20. The first kappa shape index (κ1) is 18.1. The molecule has 130 valence electrons. The molecule has 24 heavy (non-hydrogen) atoms. The maximum atomic E-state index is 13.3. The van der Waals surface area contributed by atoms with E-state index in [0.29, 0.717) is 10.9 Å². The molecular weight excluding hydrogens is 364 g/mol. The van der Waals surface area contributed by atoms with E-state index < -0.39 is 36.1 Å². The van der Waals surface area contributed by atoms with E-state index >= 15 is 0 Å². The van der Waals surface area contributed by atoms with Crippen molar-refractivity contribution < 1.29 is 31.1 Å². The van der Waals surface area contributed by atoms with E-state index in [1.54, 1.807) is 0 Å². The largest absolute Gasteiger partial charge is 0.434 e. The van der Waals surface area contributed by atoms with E-state index in [2.05, 4.69) is 5.10 Å². The Morgan fingerprint density at radius 1 is 1.12 bits per heavy atom. The summed E-state index contributed by atoms with van der Waals surface area (Å²) in [6.45, 7) is -1.75. The zero-order valence-electron chi connectivity index (χ0n) is 11.5. The Morgan fingerprint density at radius 3 is 2.21 bits per heavy atom. The van der Waals surface area contributed by atoms with Crippen molar-refractivity contribution in [2.75, 3.05) is 6.54 Å². The normalized spacial score (nSPS) is 12.3. The number of hydrogen-bond donors (Lipinski definition) is 1. The summed E-state index contributed by atoms with van der Waals surface area (Å²) < 4.78 is 76.5. The van der Waals surface area contributed by atoms with Crippen molar-refractivity contribution in [1.82, 2.24) is 15.1 Å². The molecule has 0 spiro atoms. The van der Waals surface area contributed by atoms with Gasteiger partial charge in [0.2, 0.25) is 0 Å². The van der Waals surface area contributed by atoms with Gasteiger partial charge < -0.3 is 5.32 Å². The first-order valence-electron chi connectivity index (χ1n) is 6.25. The Labute approximate surface area is 136 Å². The Morgan fingerprint density at radius 2 is 1.71 bits per heavy atom. The first-order chi connectivity index (χ1) is 11.0. The van der Waals surface area contributed by atoms with Gasteiger partial charge in [-0.1, -0.05) is 11.6 Å². The van der Waals surface area contributed by atoms with Gasteiger partial charge in [-0.05, 0) is 24.3 Å². The second kappa shape index (κ2) is 6.34. The van der Waals surface area contributed by atoms with Crippen molar-refractivity contribution in [2.24, 2.45) is 0 Å². The average molecular weight is 372 g/mol. The third-order valence-electron chi connectivity index (χ3n) is 2.80.